The van der Waals surface area contributed by atoms with Gasteiger partial charge in [-0.1, -0.05) is 28.1 Å². The molecule has 0 saturated carbocycles. The van der Waals surface area contributed by atoms with Gasteiger partial charge in [0.2, 0.25) is 0 Å². The second-order valence-electron chi connectivity index (χ2n) is 5.82. The van der Waals surface area contributed by atoms with E-state index in [1.165, 1.54) is 0 Å². The monoisotopic (exact) mass is 373 g/mol. The predicted molar refractivity (Wildman–Crippen MR) is 95.7 cm³/mol. The Morgan fingerprint density at radius 1 is 1.26 bits per heavy atom. The molecule has 0 unspecified atom stereocenters. The van der Waals surface area contributed by atoms with Crippen LogP contribution in [0.25, 0.3) is 0 Å². The van der Waals surface area contributed by atoms with Crippen LogP contribution in [0.3, 0.4) is 0 Å². The molecular weight excluding hydrogens is 354 g/mol. The number of carbonyl (C=O) groups excluding carboxylic acids is 1. The van der Waals surface area contributed by atoms with Crippen LogP contribution in [0, 0.1) is 0 Å². The number of pyridine rings is 1. The molecule has 2 aromatic rings. The van der Waals surface area contributed by atoms with Crippen LogP contribution in [0.4, 0.5) is 5.82 Å². The highest BCUT2D eigenvalue weighted by molar-refractivity contribution is 9.10. The molecule has 1 N–H and O–H groups in total. The number of benzene rings is 1. The lowest BCUT2D eigenvalue weighted by Crippen LogP contribution is -2.30. The predicted octanol–water partition coefficient (Wildman–Crippen LogP) is 3.94. The number of halogens is 1. The number of amides is 1. The van der Waals surface area contributed by atoms with Gasteiger partial charge in [-0.2, -0.15) is 0 Å². The van der Waals surface area contributed by atoms with Gasteiger partial charge in [0.15, 0.2) is 0 Å². The highest BCUT2D eigenvalue weighted by Gasteiger charge is 2.21. The van der Waals surface area contributed by atoms with Crippen molar-refractivity contribution < 1.29 is 4.79 Å². The highest BCUT2D eigenvalue weighted by atomic mass is 79.9. The van der Waals surface area contributed by atoms with Gasteiger partial charge in [-0.3, -0.25) is 4.79 Å². The molecule has 2 heterocycles. The van der Waals surface area contributed by atoms with Crippen LogP contribution in [0.2, 0.25) is 0 Å². The number of carbonyl (C=O) groups is 1. The molecule has 1 atom stereocenters. The van der Waals surface area contributed by atoms with E-state index in [1.54, 1.807) is 6.20 Å². The Morgan fingerprint density at radius 2 is 2.04 bits per heavy atom. The Labute approximate surface area is 145 Å². The van der Waals surface area contributed by atoms with Crippen molar-refractivity contribution in [1.82, 2.24) is 10.3 Å². The number of hydrogen-bond donors (Lipinski definition) is 1. The SMILES string of the molecule is C[C@H](NC(=O)c1cccnc1N1CCCC1)c1cccc(Br)c1. The van der Waals surface area contributed by atoms with E-state index in [4.69, 9.17) is 0 Å². The zero-order valence-corrected chi connectivity index (χ0v) is 14.7. The summed E-state index contributed by atoms with van der Waals surface area (Å²) in [5, 5.41) is 3.08. The summed E-state index contributed by atoms with van der Waals surface area (Å²) in [5.74, 6) is 0.719. The first-order chi connectivity index (χ1) is 11.1. The van der Waals surface area contributed by atoms with Gasteiger partial charge < -0.3 is 10.2 Å². The summed E-state index contributed by atoms with van der Waals surface area (Å²) in [6, 6.07) is 11.6. The molecule has 0 bridgehead atoms. The average molecular weight is 374 g/mol. The van der Waals surface area contributed by atoms with Crippen LogP contribution in [-0.2, 0) is 0 Å². The van der Waals surface area contributed by atoms with Crippen LogP contribution in [0.15, 0.2) is 47.1 Å². The van der Waals surface area contributed by atoms with E-state index >= 15 is 0 Å². The molecule has 1 aliphatic rings. The van der Waals surface area contributed by atoms with E-state index in [0.717, 1.165) is 41.8 Å². The molecule has 4 nitrogen and oxygen atoms in total. The number of aromatic nitrogens is 1. The molecule has 0 aliphatic carbocycles. The molecule has 0 radical (unpaired) electrons. The summed E-state index contributed by atoms with van der Waals surface area (Å²) in [5.41, 5.74) is 1.72. The average Bonchev–Trinajstić information content (AvgIpc) is 3.09. The van der Waals surface area contributed by atoms with Crippen molar-refractivity contribution in [2.45, 2.75) is 25.8 Å². The van der Waals surface area contributed by atoms with Gasteiger partial charge in [-0.15, -0.1) is 0 Å². The molecule has 23 heavy (non-hydrogen) atoms. The third-order valence-electron chi connectivity index (χ3n) is 4.13. The number of anilines is 1. The van der Waals surface area contributed by atoms with Crippen molar-refractivity contribution in [3.8, 4) is 0 Å². The van der Waals surface area contributed by atoms with Crippen molar-refractivity contribution in [3.63, 3.8) is 0 Å². The third kappa shape index (κ3) is 3.72. The first-order valence-corrected chi connectivity index (χ1v) is 8.71. The van der Waals surface area contributed by atoms with Crippen LogP contribution in [0.1, 0.15) is 41.7 Å². The van der Waals surface area contributed by atoms with E-state index in [0.29, 0.717) is 5.56 Å². The van der Waals surface area contributed by atoms with Gasteiger partial charge in [0.25, 0.3) is 5.91 Å². The normalized spacial score (nSPS) is 15.5. The topological polar surface area (TPSA) is 45.2 Å². The third-order valence-corrected chi connectivity index (χ3v) is 4.63. The summed E-state index contributed by atoms with van der Waals surface area (Å²) in [4.78, 5) is 19.3. The van der Waals surface area contributed by atoms with Gasteiger partial charge in [0, 0.05) is 23.8 Å². The Hall–Kier alpha value is -1.88. The fourth-order valence-electron chi connectivity index (χ4n) is 2.89. The smallest absolute Gasteiger partial charge is 0.255 e. The first kappa shape index (κ1) is 16.0. The van der Waals surface area contributed by atoms with E-state index < -0.39 is 0 Å². The minimum Gasteiger partial charge on any atom is -0.356 e. The van der Waals surface area contributed by atoms with Crippen molar-refractivity contribution in [2.24, 2.45) is 0 Å². The van der Waals surface area contributed by atoms with E-state index in [2.05, 4.69) is 31.1 Å². The van der Waals surface area contributed by atoms with Crippen LogP contribution in [-0.4, -0.2) is 24.0 Å². The zero-order valence-electron chi connectivity index (χ0n) is 13.1. The Kier molecular flexibility index (Phi) is 4.96. The maximum absolute atomic E-state index is 12.7. The Morgan fingerprint density at radius 3 is 2.78 bits per heavy atom. The molecule has 1 amide bonds. The second-order valence-corrected chi connectivity index (χ2v) is 6.73. The molecule has 120 valence electrons. The van der Waals surface area contributed by atoms with Gasteiger partial charge in [-0.25, -0.2) is 4.98 Å². The quantitative estimate of drug-likeness (QED) is 0.882. The second kappa shape index (κ2) is 7.13. The maximum Gasteiger partial charge on any atom is 0.255 e. The summed E-state index contributed by atoms with van der Waals surface area (Å²) in [6.07, 6.45) is 4.07. The molecule has 1 fully saturated rings. The summed E-state index contributed by atoms with van der Waals surface area (Å²) >= 11 is 3.47. The van der Waals surface area contributed by atoms with Gasteiger partial charge in [-0.05, 0) is 49.6 Å². The lowest BCUT2D eigenvalue weighted by atomic mass is 10.1. The lowest BCUT2D eigenvalue weighted by molar-refractivity contribution is 0.0940. The fourth-order valence-corrected chi connectivity index (χ4v) is 3.31. The summed E-state index contributed by atoms with van der Waals surface area (Å²) in [6.45, 7) is 3.93. The molecule has 5 heteroatoms. The summed E-state index contributed by atoms with van der Waals surface area (Å²) in [7, 11) is 0. The van der Waals surface area contributed by atoms with Crippen LogP contribution >= 0.6 is 15.9 Å². The van der Waals surface area contributed by atoms with Gasteiger partial charge >= 0.3 is 0 Å². The van der Waals surface area contributed by atoms with Crippen LogP contribution in [0.5, 0.6) is 0 Å². The molecule has 1 aliphatic heterocycles. The molecule has 0 spiro atoms. The molecule has 1 aromatic heterocycles. The van der Waals surface area contributed by atoms with Crippen molar-refractivity contribution >= 4 is 27.7 Å². The number of hydrogen-bond acceptors (Lipinski definition) is 3. The molecule has 1 saturated heterocycles. The molecule has 3 rings (SSSR count). The van der Waals surface area contributed by atoms with E-state index in [9.17, 15) is 4.79 Å². The van der Waals surface area contributed by atoms with Crippen molar-refractivity contribution in [1.29, 1.82) is 0 Å². The minimum absolute atomic E-state index is 0.0633. The first-order valence-electron chi connectivity index (χ1n) is 7.91. The van der Waals surface area contributed by atoms with Gasteiger partial charge in [0.05, 0.1) is 11.6 Å². The van der Waals surface area contributed by atoms with Crippen molar-refractivity contribution in [3.05, 3.63) is 58.2 Å². The lowest BCUT2D eigenvalue weighted by Gasteiger charge is -2.21. The largest absolute Gasteiger partial charge is 0.356 e. The number of rotatable bonds is 4. The highest BCUT2D eigenvalue weighted by Crippen LogP contribution is 2.23. The summed E-state index contributed by atoms with van der Waals surface area (Å²) < 4.78 is 1.01. The van der Waals surface area contributed by atoms with E-state index in [1.807, 2.05) is 43.3 Å². The minimum atomic E-state index is -0.0764. The van der Waals surface area contributed by atoms with Crippen LogP contribution < -0.4 is 10.2 Å². The van der Waals surface area contributed by atoms with E-state index in [-0.39, 0.29) is 11.9 Å². The Balaban J connectivity index is 1.78. The molecule has 1 aromatic carbocycles. The fraction of sp³-hybridized carbons (Fsp3) is 0.333. The number of nitrogens with one attached hydrogen (secondary N) is 1. The van der Waals surface area contributed by atoms with Crippen molar-refractivity contribution in [2.75, 3.05) is 18.0 Å². The van der Waals surface area contributed by atoms with Gasteiger partial charge in [0.1, 0.15) is 5.82 Å². The number of nitrogens with zero attached hydrogens (tertiary/aromatic N) is 2. The maximum atomic E-state index is 12.7. The molecular formula is C18H20BrN3O. The zero-order chi connectivity index (χ0) is 16.2. The standard InChI is InChI=1S/C18H20BrN3O/c1-13(14-6-4-7-15(19)12-14)21-18(23)16-8-5-9-20-17(16)22-10-2-3-11-22/h4-9,12-13H,2-3,10-11H2,1H3,(H,21,23)/t13-/m0/s1. The Bertz CT molecular complexity index is 698.